The molecule has 3 aromatic rings. The van der Waals surface area contributed by atoms with Crippen LogP contribution in [0.15, 0.2) is 30.5 Å². The Hall–Kier alpha value is -1.58. The van der Waals surface area contributed by atoms with Gasteiger partial charge in [-0.2, -0.15) is 0 Å². The molecule has 1 N–H and O–H groups in total. The number of imidazole rings is 1. The molecule has 18 heavy (non-hydrogen) atoms. The Morgan fingerprint density at radius 3 is 2.50 bits per heavy atom. The van der Waals surface area contributed by atoms with E-state index in [2.05, 4.69) is 15.0 Å². The number of nitrogens with one attached hydrogen (secondary N) is 1. The standard InChI is InChI=1S/C13H9Cl2N3/c1-7-5-6-16-13-11(7)17-12(18-13)10-8(14)3-2-4-9(10)15/h2-6H,1H3,(H,16,17,18). The number of hydrogen-bond acceptors (Lipinski definition) is 2. The van der Waals surface area contributed by atoms with Gasteiger partial charge in [0, 0.05) is 6.20 Å². The first kappa shape index (κ1) is 11.5. The van der Waals surface area contributed by atoms with Crippen LogP contribution in [0, 0.1) is 6.92 Å². The fourth-order valence-electron chi connectivity index (χ4n) is 1.88. The number of aryl methyl sites for hydroxylation is 1. The van der Waals surface area contributed by atoms with Crippen LogP contribution in [0.5, 0.6) is 0 Å². The van der Waals surface area contributed by atoms with Gasteiger partial charge in [0.05, 0.1) is 21.1 Å². The molecular formula is C13H9Cl2N3. The normalized spacial score (nSPS) is 11.1. The summed E-state index contributed by atoms with van der Waals surface area (Å²) in [7, 11) is 0. The predicted molar refractivity (Wildman–Crippen MR) is 74.1 cm³/mol. The van der Waals surface area contributed by atoms with E-state index in [1.54, 1.807) is 24.4 Å². The molecule has 0 bridgehead atoms. The predicted octanol–water partition coefficient (Wildman–Crippen LogP) is 4.24. The Bertz CT molecular complexity index is 714. The molecule has 0 aliphatic heterocycles. The zero-order valence-electron chi connectivity index (χ0n) is 9.54. The van der Waals surface area contributed by atoms with Crippen molar-refractivity contribution in [3.63, 3.8) is 0 Å². The van der Waals surface area contributed by atoms with Gasteiger partial charge in [0.1, 0.15) is 5.82 Å². The van der Waals surface area contributed by atoms with Crippen LogP contribution in [0.25, 0.3) is 22.6 Å². The average Bonchev–Trinajstić information content (AvgIpc) is 2.74. The zero-order valence-corrected chi connectivity index (χ0v) is 11.0. The summed E-state index contributed by atoms with van der Waals surface area (Å²) in [6.07, 6.45) is 1.73. The van der Waals surface area contributed by atoms with Gasteiger partial charge in [-0.1, -0.05) is 29.3 Å². The largest absolute Gasteiger partial charge is 0.336 e. The summed E-state index contributed by atoms with van der Waals surface area (Å²) in [5, 5.41) is 1.14. The third-order valence-electron chi connectivity index (χ3n) is 2.80. The maximum atomic E-state index is 6.17. The highest BCUT2D eigenvalue weighted by molar-refractivity contribution is 6.39. The number of pyridine rings is 1. The first-order chi connectivity index (χ1) is 8.66. The third kappa shape index (κ3) is 1.76. The van der Waals surface area contributed by atoms with Crippen LogP contribution in [-0.4, -0.2) is 15.0 Å². The maximum Gasteiger partial charge on any atom is 0.178 e. The van der Waals surface area contributed by atoms with Crippen molar-refractivity contribution in [3.8, 4) is 11.4 Å². The first-order valence-electron chi connectivity index (χ1n) is 5.42. The van der Waals surface area contributed by atoms with Gasteiger partial charge in [-0.05, 0) is 30.7 Å². The van der Waals surface area contributed by atoms with E-state index in [-0.39, 0.29) is 0 Å². The number of H-pyrrole nitrogens is 1. The SMILES string of the molecule is Cc1ccnc2nc(-c3c(Cl)cccc3Cl)[nH]c12. The van der Waals surface area contributed by atoms with Crippen molar-refractivity contribution in [1.29, 1.82) is 0 Å². The lowest BCUT2D eigenvalue weighted by atomic mass is 10.2. The van der Waals surface area contributed by atoms with Crippen LogP contribution in [-0.2, 0) is 0 Å². The van der Waals surface area contributed by atoms with Crippen molar-refractivity contribution < 1.29 is 0 Å². The van der Waals surface area contributed by atoms with Crippen molar-refractivity contribution in [2.24, 2.45) is 0 Å². The molecule has 0 aliphatic carbocycles. The lowest BCUT2D eigenvalue weighted by Crippen LogP contribution is -1.83. The molecule has 2 heterocycles. The fourth-order valence-corrected chi connectivity index (χ4v) is 2.45. The molecule has 0 spiro atoms. The van der Waals surface area contributed by atoms with Gasteiger partial charge in [0.15, 0.2) is 5.65 Å². The van der Waals surface area contributed by atoms with Gasteiger partial charge in [-0.15, -0.1) is 0 Å². The molecule has 0 amide bonds. The van der Waals surface area contributed by atoms with E-state index in [0.717, 1.165) is 11.1 Å². The quantitative estimate of drug-likeness (QED) is 0.723. The summed E-state index contributed by atoms with van der Waals surface area (Å²) in [5.74, 6) is 0.641. The van der Waals surface area contributed by atoms with Crippen molar-refractivity contribution >= 4 is 34.4 Å². The second-order valence-electron chi connectivity index (χ2n) is 4.01. The van der Waals surface area contributed by atoms with Crippen LogP contribution in [0.4, 0.5) is 0 Å². The second kappa shape index (κ2) is 4.26. The molecule has 0 saturated carbocycles. The first-order valence-corrected chi connectivity index (χ1v) is 6.18. The highest BCUT2D eigenvalue weighted by Gasteiger charge is 2.13. The Morgan fingerprint density at radius 2 is 1.83 bits per heavy atom. The number of benzene rings is 1. The van der Waals surface area contributed by atoms with E-state index in [4.69, 9.17) is 23.2 Å². The maximum absolute atomic E-state index is 6.17. The number of nitrogens with zero attached hydrogens (tertiary/aromatic N) is 2. The summed E-state index contributed by atoms with van der Waals surface area (Å²) in [4.78, 5) is 11.9. The van der Waals surface area contributed by atoms with Gasteiger partial charge >= 0.3 is 0 Å². The highest BCUT2D eigenvalue weighted by atomic mass is 35.5. The smallest absolute Gasteiger partial charge is 0.178 e. The average molecular weight is 278 g/mol. The minimum Gasteiger partial charge on any atom is -0.336 e. The van der Waals surface area contributed by atoms with E-state index in [1.807, 2.05) is 13.0 Å². The minimum absolute atomic E-state index is 0.569. The number of halogens is 2. The van der Waals surface area contributed by atoms with Crippen molar-refractivity contribution in [2.45, 2.75) is 6.92 Å². The summed E-state index contributed by atoms with van der Waals surface area (Å²) >= 11 is 12.3. The molecule has 0 aliphatic rings. The van der Waals surface area contributed by atoms with Crippen LogP contribution in [0.2, 0.25) is 10.0 Å². The molecule has 3 rings (SSSR count). The fraction of sp³-hybridized carbons (Fsp3) is 0.0769. The van der Waals surface area contributed by atoms with Crippen molar-refractivity contribution in [3.05, 3.63) is 46.1 Å². The molecule has 1 aromatic carbocycles. The number of rotatable bonds is 1. The molecule has 0 fully saturated rings. The minimum atomic E-state index is 0.569. The topological polar surface area (TPSA) is 41.6 Å². The Morgan fingerprint density at radius 1 is 1.11 bits per heavy atom. The van der Waals surface area contributed by atoms with Gasteiger partial charge in [0.25, 0.3) is 0 Å². The van der Waals surface area contributed by atoms with E-state index in [9.17, 15) is 0 Å². The molecule has 5 heteroatoms. The summed E-state index contributed by atoms with van der Waals surface area (Å²) in [6.45, 7) is 2.00. The number of fused-ring (bicyclic) bond motifs is 1. The lowest BCUT2D eigenvalue weighted by molar-refractivity contribution is 1.30. The molecule has 2 aromatic heterocycles. The monoisotopic (exact) mass is 277 g/mol. The summed E-state index contributed by atoms with van der Waals surface area (Å²) in [6, 6.07) is 7.31. The van der Waals surface area contributed by atoms with Crippen LogP contribution in [0.3, 0.4) is 0 Å². The molecule has 0 unspecified atom stereocenters. The van der Waals surface area contributed by atoms with E-state index < -0.39 is 0 Å². The van der Waals surface area contributed by atoms with Crippen LogP contribution in [0.1, 0.15) is 5.56 Å². The van der Waals surface area contributed by atoms with E-state index in [1.165, 1.54) is 0 Å². The van der Waals surface area contributed by atoms with Gasteiger partial charge in [0.2, 0.25) is 0 Å². The molecular weight excluding hydrogens is 269 g/mol. The summed E-state index contributed by atoms with van der Waals surface area (Å²) in [5.41, 5.74) is 3.37. The Kier molecular flexibility index (Phi) is 2.73. The van der Waals surface area contributed by atoms with Crippen LogP contribution < -0.4 is 0 Å². The van der Waals surface area contributed by atoms with Gasteiger partial charge in [-0.25, -0.2) is 9.97 Å². The van der Waals surface area contributed by atoms with Gasteiger partial charge in [-0.3, -0.25) is 0 Å². The highest BCUT2D eigenvalue weighted by Crippen LogP contribution is 2.33. The lowest BCUT2D eigenvalue weighted by Gasteiger charge is -2.02. The van der Waals surface area contributed by atoms with Crippen molar-refractivity contribution in [2.75, 3.05) is 0 Å². The van der Waals surface area contributed by atoms with Crippen molar-refractivity contribution in [1.82, 2.24) is 15.0 Å². The molecule has 0 saturated heterocycles. The molecule has 3 nitrogen and oxygen atoms in total. The summed E-state index contributed by atoms with van der Waals surface area (Å²) < 4.78 is 0. The Balaban J connectivity index is 2.30. The molecule has 0 atom stereocenters. The molecule has 90 valence electrons. The number of aromatic nitrogens is 3. The third-order valence-corrected chi connectivity index (χ3v) is 3.43. The number of aromatic amines is 1. The molecule has 0 radical (unpaired) electrons. The number of hydrogen-bond donors (Lipinski definition) is 1. The van der Waals surface area contributed by atoms with Crippen LogP contribution >= 0.6 is 23.2 Å². The zero-order chi connectivity index (χ0) is 12.7. The van der Waals surface area contributed by atoms with E-state index in [0.29, 0.717) is 27.1 Å². The Labute approximate surface area is 114 Å². The van der Waals surface area contributed by atoms with E-state index >= 15 is 0 Å². The second-order valence-corrected chi connectivity index (χ2v) is 4.82. The van der Waals surface area contributed by atoms with Gasteiger partial charge < -0.3 is 4.98 Å².